The maximum atomic E-state index is 5.75. The predicted molar refractivity (Wildman–Crippen MR) is 69.3 cm³/mol. The molecule has 2 aliphatic carbocycles. The third kappa shape index (κ3) is 3.22. The van der Waals surface area contributed by atoms with E-state index in [-0.39, 0.29) is 0 Å². The number of nitrogens with one attached hydrogen (secondary N) is 1. The normalized spacial score (nSPS) is 19.2. The van der Waals surface area contributed by atoms with Gasteiger partial charge < -0.3 is 14.6 Å². The van der Waals surface area contributed by atoms with Gasteiger partial charge in [-0.2, -0.15) is 0 Å². The van der Waals surface area contributed by atoms with Crippen LogP contribution in [-0.2, 0) is 6.54 Å². The molecule has 0 aromatic carbocycles. The van der Waals surface area contributed by atoms with E-state index < -0.39 is 0 Å². The van der Waals surface area contributed by atoms with Gasteiger partial charge in [0.05, 0.1) is 6.54 Å². The maximum absolute atomic E-state index is 5.75. The zero-order valence-corrected chi connectivity index (χ0v) is 11.1. The second-order valence-corrected chi connectivity index (χ2v) is 5.55. The Morgan fingerprint density at radius 1 is 1.17 bits per heavy atom. The van der Waals surface area contributed by atoms with E-state index in [0.29, 0.717) is 12.4 Å². The highest BCUT2D eigenvalue weighted by molar-refractivity contribution is 5.25. The summed E-state index contributed by atoms with van der Waals surface area (Å²) in [5, 5.41) is 11.5. The summed E-state index contributed by atoms with van der Waals surface area (Å²) in [6, 6.07) is 0.724. The van der Waals surface area contributed by atoms with Crippen LogP contribution in [0.2, 0.25) is 0 Å². The van der Waals surface area contributed by atoms with Crippen LogP contribution in [0.1, 0.15) is 38.5 Å². The van der Waals surface area contributed by atoms with Crippen LogP contribution in [0.5, 0.6) is 0 Å². The van der Waals surface area contributed by atoms with Crippen molar-refractivity contribution >= 4 is 6.01 Å². The lowest BCUT2D eigenvalue weighted by Gasteiger charge is -2.19. The van der Waals surface area contributed by atoms with Crippen LogP contribution in [0.25, 0.3) is 0 Å². The minimum absolute atomic E-state index is 0.671. The van der Waals surface area contributed by atoms with E-state index in [2.05, 4.69) is 27.3 Å². The Morgan fingerprint density at radius 3 is 2.39 bits per heavy atom. The van der Waals surface area contributed by atoms with E-state index in [1.807, 2.05) is 0 Å². The molecule has 2 aliphatic rings. The number of hydrogen-bond acceptors (Lipinski definition) is 5. The fraction of sp³-hybridized carbons (Fsp3) is 0.846. The van der Waals surface area contributed by atoms with E-state index in [1.54, 1.807) is 0 Å². The minimum atomic E-state index is 0.671. The highest BCUT2D eigenvalue weighted by Crippen LogP contribution is 2.35. The van der Waals surface area contributed by atoms with Crippen molar-refractivity contribution < 1.29 is 4.42 Å². The predicted octanol–water partition coefficient (Wildman–Crippen LogP) is 1.81. The molecule has 3 rings (SSSR count). The summed E-state index contributed by atoms with van der Waals surface area (Å²) in [5.41, 5.74) is 0. The van der Waals surface area contributed by atoms with Crippen LogP contribution < -0.4 is 10.2 Å². The van der Waals surface area contributed by atoms with Crippen molar-refractivity contribution in [2.75, 3.05) is 24.5 Å². The van der Waals surface area contributed by atoms with E-state index >= 15 is 0 Å². The van der Waals surface area contributed by atoms with E-state index in [9.17, 15) is 0 Å². The largest absolute Gasteiger partial charge is 0.407 e. The SMILES string of the molecule is CCNCc1nnc(N(CC2CC2)CC2CC2)o1. The van der Waals surface area contributed by atoms with Gasteiger partial charge in [0.1, 0.15) is 0 Å². The molecule has 0 atom stereocenters. The Labute approximate surface area is 108 Å². The van der Waals surface area contributed by atoms with Gasteiger partial charge >= 0.3 is 6.01 Å². The Morgan fingerprint density at radius 2 is 1.83 bits per heavy atom. The molecule has 0 spiro atoms. The Hall–Kier alpha value is -1.10. The standard InChI is InChI=1S/C13H22N4O/c1-2-14-7-12-15-16-13(18-12)17(8-10-3-4-10)9-11-5-6-11/h10-11,14H,2-9H2,1H3. The van der Waals surface area contributed by atoms with Crippen LogP contribution >= 0.6 is 0 Å². The van der Waals surface area contributed by atoms with Crippen molar-refractivity contribution in [1.82, 2.24) is 15.5 Å². The lowest BCUT2D eigenvalue weighted by atomic mass is 10.3. The fourth-order valence-electron chi connectivity index (χ4n) is 2.13. The molecule has 0 aliphatic heterocycles. The van der Waals surface area contributed by atoms with Gasteiger partial charge in [0, 0.05) is 13.1 Å². The quantitative estimate of drug-likeness (QED) is 0.762. The van der Waals surface area contributed by atoms with Gasteiger partial charge in [0.2, 0.25) is 5.89 Å². The molecule has 1 N–H and O–H groups in total. The summed E-state index contributed by atoms with van der Waals surface area (Å²) in [5.74, 6) is 2.41. The topological polar surface area (TPSA) is 54.2 Å². The summed E-state index contributed by atoms with van der Waals surface area (Å²) >= 11 is 0. The first-order valence-electron chi connectivity index (χ1n) is 7.13. The molecule has 2 saturated carbocycles. The zero-order valence-electron chi connectivity index (χ0n) is 11.1. The number of hydrogen-bond donors (Lipinski definition) is 1. The monoisotopic (exact) mass is 250 g/mol. The average Bonchev–Trinajstić information content (AvgIpc) is 3.29. The average molecular weight is 250 g/mol. The van der Waals surface area contributed by atoms with Gasteiger partial charge in [-0.1, -0.05) is 12.0 Å². The third-order valence-electron chi connectivity index (χ3n) is 3.60. The minimum Gasteiger partial charge on any atom is -0.407 e. The lowest BCUT2D eigenvalue weighted by Crippen LogP contribution is -2.28. The van der Waals surface area contributed by atoms with Crippen molar-refractivity contribution in [2.45, 2.75) is 39.2 Å². The van der Waals surface area contributed by atoms with Crippen molar-refractivity contribution in [3.63, 3.8) is 0 Å². The Kier molecular flexibility index (Phi) is 3.50. The number of rotatable bonds is 8. The first kappa shape index (κ1) is 12.0. The summed E-state index contributed by atoms with van der Waals surface area (Å²) in [7, 11) is 0. The molecule has 2 fully saturated rings. The third-order valence-corrected chi connectivity index (χ3v) is 3.60. The van der Waals surface area contributed by atoms with Crippen LogP contribution in [0.15, 0.2) is 4.42 Å². The van der Waals surface area contributed by atoms with Crippen molar-refractivity contribution in [3.05, 3.63) is 5.89 Å². The molecule has 1 aromatic heterocycles. The van der Waals surface area contributed by atoms with Crippen LogP contribution in [0, 0.1) is 11.8 Å². The molecular formula is C13H22N4O. The molecule has 0 saturated heterocycles. The molecule has 100 valence electrons. The molecule has 0 unspecified atom stereocenters. The summed E-state index contributed by atoms with van der Waals surface area (Å²) in [4.78, 5) is 2.30. The Bertz CT molecular complexity index is 370. The molecule has 0 radical (unpaired) electrons. The number of anilines is 1. The highest BCUT2D eigenvalue weighted by Gasteiger charge is 2.31. The lowest BCUT2D eigenvalue weighted by molar-refractivity contribution is 0.458. The van der Waals surface area contributed by atoms with Gasteiger partial charge in [0.15, 0.2) is 0 Å². The van der Waals surface area contributed by atoms with Crippen LogP contribution in [-0.4, -0.2) is 29.8 Å². The molecule has 1 heterocycles. The molecular weight excluding hydrogens is 228 g/mol. The van der Waals surface area contributed by atoms with Crippen molar-refractivity contribution in [3.8, 4) is 0 Å². The molecule has 18 heavy (non-hydrogen) atoms. The van der Waals surface area contributed by atoms with Crippen molar-refractivity contribution in [2.24, 2.45) is 11.8 Å². The van der Waals surface area contributed by atoms with Gasteiger partial charge in [-0.15, -0.1) is 5.10 Å². The van der Waals surface area contributed by atoms with Crippen molar-refractivity contribution in [1.29, 1.82) is 0 Å². The number of nitrogens with zero attached hydrogens (tertiary/aromatic N) is 3. The van der Waals surface area contributed by atoms with Crippen LogP contribution in [0.3, 0.4) is 0 Å². The summed E-state index contributed by atoms with van der Waals surface area (Å²) < 4.78 is 5.75. The van der Waals surface area contributed by atoms with Gasteiger partial charge in [-0.05, 0) is 44.1 Å². The first-order chi connectivity index (χ1) is 8.85. The summed E-state index contributed by atoms with van der Waals surface area (Å²) in [6.45, 7) is 5.86. The molecule has 1 aromatic rings. The van der Waals surface area contributed by atoms with E-state index in [4.69, 9.17) is 4.42 Å². The molecule has 0 amide bonds. The molecule has 5 heteroatoms. The second-order valence-electron chi connectivity index (χ2n) is 5.55. The van der Waals surface area contributed by atoms with E-state index in [0.717, 1.165) is 37.5 Å². The van der Waals surface area contributed by atoms with Gasteiger partial charge in [0.25, 0.3) is 0 Å². The number of aromatic nitrogens is 2. The molecule has 5 nitrogen and oxygen atoms in total. The molecule has 0 bridgehead atoms. The highest BCUT2D eigenvalue weighted by atomic mass is 16.4. The van der Waals surface area contributed by atoms with Gasteiger partial charge in [-0.3, -0.25) is 0 Å². The fourth-order valence-corrected chi connectivity index (χ4v) is 2.13. The van der Waals surface area contributed by atoms with Crippen LogP contribution in [0.4, 0.5) is 6.01 Å². The summed E-state index contributed by atoms with van der Waals surface area (Å²) in [6.07, 6.45) is 5.44. The zero-order chi connectivity index (χ0) is 12.4. The maximum Gasteiger partial charge on any atom is 0.318 e. The van der Waals surface area contributed by atoms with Gasteiger partial charge in [-0.25, -0.2) is 0 Å². The second kappa shape index (κ2) is 5.26. The van der Waals surface area contributed by atoms with E-state index in [1.165, 1.54) is 25.7 Å². The first-order valence-corrected chi connectivity index (χ1v) is 7.13. The Balaban J connectivity index is 1.61. The smallest absolute Gasteiger partial charge is 0.318 e.